The average molecular weight is 708 g/mol. The van der Waals surface area contributed by atoms with Crippen molar-refractivity contribution in [2.45, 2.75) is 69.1 Å². The Balaban J connectivity index is 1.15. The van der Waals surface area contributed by atoms with E-state index in [1.54, 1.807) is 47.0 Å². The zero-order valence-electron chi connectivity index (χ0n) is 29.3. The van der Waals surface area contributed by atoms with Gasteiger partial charge in [0.2, 0.25) is 14.3 Å². The van der Waals surface area contributed by atoms with Crippen molar-refractivity contribution in [2.24, 2.45) is 5.92 Å². The number of carbonyl (C=O) groups is 3. The molecule has 1 spiro atoms. The van der Waals surface area contributed by atoms with Crippen molar-refractivity contribution in [3.8, 4) is 5.75 Å². The number of carbonyl (C=O) groups excluding carboxylic acids is 3. The van der Waals surface area contributed by atoms with Crippen LogP contribution in [-0.4, -0.2) is 68.5 Å². The van der Waals surface area contributed by atoms with Gasteiger partial charge in [0.15, 0.2) is 5.60 Å². The lowest BCUT2D eigenvalue weighted by molar-refractivity contribution is -0.150. The number of halogens is 1. The summed E-state index contributed by atoms with van der Waals surface area (Å²) in [6, 6.07) is 24.4. The molecule has 0 aromatic heterocycles. The first-order valence-corrected chi connectivity index (χ1v) is 20.7. The Morgan fingerprint density at radius 1 is 1.04 bits per heavy atom. The van der Waals surface area contributed by atoms with Gasteiger partial charge in [0.25, 0.3) is 11.8 Å². The molecule has 264 valence electrons. The quantitative estimate of drug-likeness (QED) is 0.159. The van der Waals surface area contributed by atoms with Crippen molar-refractivity contribution in [2.75, 3.05) is 30.1 Å². The van der Waals surface area contributed by atoms with E-state index in [-0.39, 0.29) is 43.3 Å². The number of likely N-dealkylation sites (tertiary alicyclic amines) is 1. The number of nitrogens with zero attached hydrogens (tertiary/aromatic N) is 3. The molecular formula is C40H42FN3O6Si. The molecule has 5 atom stereocenters. The highest BCUT2D eigenvalue weighted by Crippen LogP contribution is 2.61. The molecule has 0 bridgehead atoms. The Morgan fingerprint density at radius 2 is 1.80 bits per heavy atom. The summed E-state index contributed by atoms with van der Waals surface area (Å²) in [6.07, 6.45) is 0.626. The molecule has 2 fully saturated rings. The van der Waals surface area contributed by atoms with Gasteiger partial charge in [0, 0.05) is 34.6 Å². The van der Waals surface area contributed by atoms with E-state index in [2.05, 4.69) is 0 Å². The van der Waals surface area contributed by atoms with Crippen molar-refractivity contribution in [1.82, 2.24) is 4.90 Å². The number of amides is 3. The second-order valence-electron chi connectivity index (χ2n) is 14.8. The summed E-state index contributed by atoms with van der Waals surface area (Å²) in [5.74, 6) is -0.652. The molecule has 0 aliphatic carbocycles. The third-order valence-electron chi connectivity index (χ3n) is 11.5. The Bertz CT molecular complexity index is 2080. The number of benzene rings is 4. The van der Waals surface area contributed by atoms with Crippen LogP contribution < -0.4 is 14.5 Å². The van der Waals surface area contributed by atoms with E-state index < -0.39 is 31.6 Å². The maximum atomic E-state index is 16.4. The summed E-state index contributed by atoms with van der Waals surface area (Å²) >= 11 is 0. The molecule has 51 heavy (non-hydrogen) atoms. The van der Waals surface area contributed by atoms with Crippen molar-refractivity contribution in [3.05, 3.63) is 95.6 Å². The molecular weight excluding hydrogens is 666 g/mol. The summed E-state index contributed by atoms with van der Waals surface area (Å²) < 4.78 is 28.9. The summed E-state index contributed by atoms with van der Waals surface area (Å²) in [5.41, 5.74) is 2.01. The van der Waals surface area contributed by atoms with Gasteiger partial charge in [-0.05, 0) is 79.3 Å². The molecule has 0 unspecified atom stereocenters. The number of aliphatic hydroxyl groups excluding tert-OH is 1. The van der Waals surface area contributed by atoms with Crippen LogP contribution in [0.25, 0.3) is 10.8 Å². The van der Waals surface area contributed by atoms with Crippen LogP contribution in [-0.2, 0) is 26.5 Å². The number of ether oxygens (including phenoxy) is 2. The maximum Gasteiger partial charge on any atom is 0.264 e. The lowest BCUT2D eigenvalue weighted by Crippen LogP contribution is -2.45. The van der Waals surface area contributed by atoms with Crippen molar-refractivity contribution >= 4 is 54.0 Å². The van der Waals surface area contributed by atoms with Crippen LogP contribution in [0.5, 0.6) is 5.75 Å². The highest BCUT2D eigenvalue weighted by molar-refractivity contribution is 6.72. The summed E-state index contributed by atoms with van der Waals surface area (Å²) in [7, 11) is -1.95. The third kappa shape index (κ3) is 5.11. The van der Waals surface area contributed by atoms with Crippen LogP contribution in [0.3, 0.4) is 0 Å². The van der Waals surface area contributed by atoms with Crippen molar-refractivity contribution in [3.63, 3.8) is 0 Å². The zero-order chi connectivity index (χ0) is 35.8. The molecule has 2 saturated heterocycles. The zero-order valence-corrected chi connectivity index (χ0v) is 30.3. The number of rotatable bonds is 8. The Labute approximate surface area is 297 Å². The Hall–Kier alpha value is -4.58. The van der Waals surface area contributed by atoms with E-state index in [4.69, 9.17) is 9.47 Å². The highest BCUT2D eigenvalue weighted by atomic mass is 28.4. The SMILES string of the molecule is COc1ccc2c(c1)[C@]1(O[C@@H](CC(=O)N3CCC[C@H]3CO)[C@H]([Si](C)(C)F)[C@H]1C)C(=O)N2Cc1cccc(N2C(=O)c3cccc4cccc2c34)c1. The molecule has 1 N–H and O–H groups in total. The molecule has 3 amide bonds. The van der Waals surface area contributed by atoms with E-state index in [0.717, 1.165) is 34.9 Å². The number of hydrogen-bond donors (Lipinski definition) is 1. The Morgan fingerprint density at radius 3 is 2.55 bits per heavy atom. The predicted octanol–water partition coefficient (Wildman–Crippen LogP) is 6.84. The van der Waals surface area contributed by atoms with Crippen LogP contribution in [0.15, 0.2) is 78.9 Å². The molecule has 4 aliphatic rings. The summed E-state index contributed by atoms with van der Waals surface area (Å²) in [4.78, 5) is 47.5. The minimum Gasteiger partial charge on any atom is -0.497 e. The first kappa shape index (κ1) is 33.6. The van der Waals surface area contributed by atoms with Crippen LogP contribution in [0, 0.1) is 5.92 Å². The second-order valence-corrected chi connectivity index (χ2v) is 18.6. The smallest absolute Gasteiger partial charge is 0.264 e. The largest absolute Gasteiger partial charge is 0.497 e. The van der Waals surface area contributed by atoms with Gasteiger partial charge in [-0.3, -0.25) is 19.3 Å². The van der Waals surface area contributed by atoms with Gasteiger partial charge in [-0.1, -0.05) is 43.3 Å². The summed E-state index contributed by atoms with van der Waals surface area (Å²) in [6.45, 7) is 5.70. The van der Waals surface area contributed by atoms with Gasteiger partial charge in [-0.25, -0.2) is 0 Å². The van der Waals surface area contributed by atoms with Gasteiger partial charge in [0.1, 0.15) is 5.75 Å². The molecule has 4 heterocycles. The minimum atomic E-state index is -3.50. The van der Waals surface area contributed by atoms with Crippen LogP contribution in [0.1, 0.15) is 47.7 Å². The van der Waals surface area contributed by atoms with E-state index >= 15 is 4.11 Å². The van der Waals surface area contributed by atoms with Gasteiger partial charge in [-0.15, -0.1) is 0 Å². The number of hydrogen-bond acceptors (Lipinski definition) is 6. The summed E-state index contributed by atoms with van der Waals surface area (Å²) in [5, 5.41) is 11.8. The minimum absolute atomic E-state index is 0.0682. The van der Waals surface area contributed by atoms with Crippen LogP contribution in [0.2, 0.25) is 18.6 Å². The molecule has 4 aromatic carbocycles. The molecule has 4 aliphatic heterocycles. The standard InChI is InChI=1S/C40H42FN3O6Si/c1-24-37(51(3,4)41)34(21-35(46)42-18-8-13-28(42)23-45)50-40(24)31-20-29(49-2)16-17-32(31)43(39(40)48)22-25-9-5-12-27(19-25)44-33-15-7-11-26-10-6-14-30(36(26)33)38(44)47/h5-7,9-12,14-17,19-20,24,28,34,37,45H,8,13,18,21-23H2,1-4H3/t24-,28+,34+,37-,40+/m1/s1. The first-order chi connectivity index (χ1) is 24.5. The van der Waals surface area contributed by atoms with E-state index in [0.29, 0.717) is 34.8 Å². The second kappa shape index (κ2) is 12.3. The van der Waals surface area contributed by atoms with E-state index in [1.165, 1.54) is 0 Å². The van der Waals surface area contributed by atoms with E-state index in [1.807, 2.05) is 73.7 Å². The van der Waals surface area contributed by atoms with Gasteiger partial charge in [-0.2, -0.15) is 0 Å². The molecule has 0 saturated carbocycles. The average Bonchev–Trinajstić information content (AvgIpc) is 3.85. The van der Waals surface area contributed by atoms with Gasteiger partial charge in [0.05, 0.1) is 55.8 Å². The fourth-order valence-corrected chi connectivity index (χ4v) is 11.8. The maximum absolute atomic E-state index is 16.4. The highest BCUT2D eigenvalue weighted by Gasteiger charge is 2.67. The van der Waals surface area contributed by atoms with Gasteiger partial charge < -0.3 is 28.5 Å². The topological polar surface area (TPSA) is 99.6 Å². The lowest BCUT2D eigenvalue weighted by atomic mass is 9.82. The van der Waals surface area contributed by atoms with Crippen LogP contribution in [0.4, 0.5) is 21.2 Å². The Kier molecular flexibility index (Phi) is 8.08. The van der Waals surface area contributed by atoms with Crippen molar-refractivity contribution < 1.29 is 33.1 Å². The first-order valence-electron chi connectivity index (χ1n) is 17.7. The van der Waals surface area contributed by atoms with Crippen molar-refractivity contribution in [1.29, 1.82) is 0 Å². The van der Waals surface area contributed by atoms with Crippen LogP contribution >= 0.6 is 0 Å². The monoisotopic (exact) mass is 707 g/mol. The number of anilines is 3. The molecule has 4 aromatic rings. The molecule has 8 rings (SSSR count). The number of methoxy groups -OCH3 is 1. The molecule has 9 nitrogen and oxygen atoms in total. The lowest BCUT2D eigenvalue weighted by Gasteiger charge is -2.31. The third-order valence-corrected chi connectivity index (χ3v) is 14.0. The normalized spacial score (nSPS) is 25.5. The molecule has 0 radical (unpaired) electrons. The number of aliphatic hydroxyl groups is 1. The fraction of sp³-hybridized carbons (Fsp3) is 0.375. The predicted molar refractivity (Wildman–Crippen MR) is 196 cm³/mol. The van der Waals surface area contributed by atoms with Gasteiger partial charge >= 0.3 is 0 Å². The fourth-order valence-electron chi connectivity index (χ4n) is 9.30. The number of fused-ring (bicyclic) bond motifs is 2. The van der Waals surface area contributed by atoms with E-state index in [9.17, 15) is 19.5 Å². The molecule has 11 heteroatoms.